The van der Waals surface area contributed by atoms with Crippen molar-refractivity contribution in [3.8, 4) is 11.3 Å². The first-order valence-corrected chi connectivity index (χ1v) is 5.10. The van der Waals surface area contributed by atoms with Crippen LogP contribution in [0.3, 0.4) is 0 Å². The number of nitrogens with zero attached hydrogens (tertiary/aromatic N) is 2. The van der Waals surface area contributed by atoms with E-state index >= 15 is 0 Å². The fourth-order valence-corrected chi connectivity index (χ4v) is 2.15. The number of aromatic nitrogens is 2. The Labute approximate surface area is 88.7 Å². The minimum atomic E-state index is -0.160. The van der Waals surface area contributed by atoms with E-state index in [1.807, 2.05) is 16.9 Å². The summed E-state index contributed by atoms with van der Waals surface area (Å²) < 4.78 is 2.02. The quantitative estimate of drug-likeness (QED) is 0.707. The first kappa shape index (κ1) is 8.53. The molecule has 3 rings (SSSR count). The molecule has 3 nitrogen and oxygen atoms in total. The number of anilines is 1. The van der Waals surface area contributed by atoms with E-state index < -0.39 is 0 Å². The van der Waals surface area contributed by atoms with Crippen molar-refractivity contribution in [3.63, 3.8) is 0 Å². The van der Waals surface area contributed by atoms with E-state index in [9.17, 15) is 0 Å². The van der Waals surface area contributed by atoms with Crippen LogP contribution >= 0.6 is 0 Å². The normalized spacial score (nSPS) is 16.4. The number of para-hydroxylation sites is 1. The lowest BCUT2D eigenvalue weighted by molar-refractivity contribution is 0.369. The van der Waals surface area contributed by atoms with Gasteiger partial charge in [0.2, 0.25) is 0 Å². The molecule has 1 aromatic heterocycles. The molecule has 0 bridgehead atoms. The van der Waals surface area contributed by atoms with Gasteiger partial charge in [-0.1, -0.05) is 18.2 Å². The van der Waals surface area contributed by atoms with Gasteiger partial charge >= 0.3 is 0 Å². The van der Waals surface area contributed by atoms with E-state index in [1.54, 1.807) is 0 Å². The first-order chi connectivity index (χ1) is 7.18. The minimum absolute atomic E-state index is 0.160. The van der Waals surface area contributed by atoms with Crippen LogP contribution in [0.25, 0.3) is 11.3 Å². The van der Waals surface area contributed by atoms with E-state index in [0.717, 1.165) is 0 Å². The van der Waals surface area contributed by atoms with Gasteiger partial charge in [0, 0.05) is 17.4 Å². The Morgan fingerprint density at radius 1 is 1.20 bits per heavy atom. The van der Waals surface area contributed by atoms with Gasteiger partial charge in [0.1, 0.15) is 5.66 Å². The van der Waals surface area contributed by atoms with E-state index in [-0.39, 0.29) is 5.66 Å². The van der Waals surface area contributed by atoms with Gasteiger partial charge in [-0.15, -0.1) is 0 Å². The zero-order chi connectivity index (χ0) is 10.5. The van der Waals surface area contributed by atoms with Gasteiger partial charge in [-0.3, -0.25) is 0 Å². The molecule has 0 saturated carbocycles. The molecule has 0 spiro atoms. The number of hydrogen-bond donors (Lipinski definition) is 1. The van der Waals surface area contributed by atoms with Gasteiger partial charge in [-0.05, 0) is 26.0 Å². The predicted molar refractivity (Wildman–Crippen MR) is 60.6 cm³/mol. The third kappa shape index (κ3) is 1.09. The van der Waals surface area contributed by atoms with Crippen LogP contribution in [0, 0.1) is 0 Å². The summed E-state index contributed by atoms with van der Waals surface area (Å²) in [4.78, 5) is 0. The molecule has 15 heavy (non-hydrogen) atoms. The third-order valence-electron chi connectivity index (χ3n) is 2.82. The van der Waals surface area contributed by atoms with Crippen LogP contribution in [0.5, 0.6) is 0 Å². The lowest BCUT2D eigenvalue weighted by Gasteiger charge is -2.35. The van der Waals surface area contributed by atoms with Crippen molar-refractivity contribution in [2.24, 2.45) is 0 Å². The van der Waals surface area contributed by atoms with E-state index in [0.29, 0.717) is 0 Å². The van der Waals surface area contributed by atoms with Gasteiger partial charge in [-0.2, -0.15) is 5.10 Å². The summed E-state index contributed by atoms with van der Waals surface area (Å²) in [5.41, 5.74) is 3.41. The lowest BCUT2D eigenvalue weighted by atomic mass is 10.0. The molecule has 0 radical (unpaired) electrons. The molecular weight excluding hydrogens is 186 g/mol. The Morgan fingerprint density at radius 3 is 2.87 bits per heavy atom. The lowest BCUT2D eigenvalue weighted by Crippen LogP contribution is -2.39. The zero-order valence-electron chi connectivity index (χ0n) is 8.86. The highest BCUT2D eigenvalue weighted by Crippen LogP contribution is 2.37. The first-order valence-electron chi connectivity index (χ1n) is 5.10. The maximum absolute atomic E-state index is 4.36. The standard InChI is InChI=1S/C12H13N3/c1-12(2)14-10-6-4-3-5-9(10)11-7-8-13-15(11)12/h3-8,14H,1-2H3. The molecule has 0 saturated heterocycles. The second-order valence-electron chi connectivity index (χ2n) is 4.36. The van der Waals surface area contributed by atoms with Crippen molar-refractivity contribution in [1.82, 2.24) is 9.78 Å². The Bertz CT molecular complexity index is 511. The van der Waals surface area contributed by atoms with Gasteiger partial charge in [-0.25, -0.2) is 4.68 Å². The molecule has 0 unspecified atom stereocenters. The second kappa shape index (κ2) is 2.63. The van der Waals surface area contributed by atoms with Crippen LogP contribution in [-0.4, -0.2) is 9.78 Å². The van der Waals surface area contributed by atoms with E-state index in [1.165, 1.54) is 16.9 Å². The average molecular weight is 199 g/mol. The van der Waals surface area contributed by atoms with Gasteiger partial charge in [0.05, 0.1) is 5.69 Å². The van der Waals surface area contributed by atoms with Crippen molar-refractivity contribution in [2.45, 2.75) is 19.5 Å². The van der Waals surface area contributed by atoms with Crippen molar-refractivity contribution >= 4 is 5.69 Å². The van der Waals surface area contributed by atoms with Crippen LogP contribution in [0.15, 0.2) is 36.5 Å². The molecular formula is C12H13N3. The number of hydrogen-bond acceptors (Lipinski definition) is 2. The predicted octanol–water partition coefficient (Wildman–Crippen LogP) is 2.67. The summed E-state index contributed by atoms with van der Waals surface area (Å²) in [6.45, 7) is 4.25. The van der Waals surface area contributed by atoms with Crippen LogP contribution in [0.2, 0.25) is 0 Å². The van der Waals surface area contributed by atoms with Crippen LogP contribution in [-0.2, 0) is 5.66 Å². The van der Waals surface area contributed by atoms with Crippen molar-refractivity contribution in [2.75, 3.05) is 5.32 Å². The Morgan fingerprint density at radius 2 is 2.00 bits per heavy atom. The number of benzene rings is 1. The van der Waals surface area contributed by atoms with Crippen molar-refractivity contribution in [3.05, 3.63) is 36.5 Å². The highest BCUT2D eigenvalue weighted by Gasteiger charge is 2.29. The van der Waals surface area contributed by atoms with Gasteiger partial charge in [0.15, 0.2) is 0 Å². The molecule has 0 aliphatic carbocycles. The van der Waals surface area contributed by atoms with Crippen molar-refractivity contribution in [1.29, 1.82) is 0 Å². The monoisotopic (exact) mass is 199 g/mol. The highest BCUT2D eigenvalue weighted by molar-refractivity contribution is 5.78. The molecule has 1 aliphatic heterocycles. The van der Waals surface area contributed by atoms with Crippen LogP contribution in [0.4, 0.5) is 5.69 Å². The number of nitrogens with one attached hydrogen (secondary N) is 1. The molecule has 2 aromatic rings. The SMILES string of the molecule is CC1(C)Nc2ccccc2-c2ccnn21. The molecule has 1 aliphatic rings. The number of fused-ring (bicyclic) bond motifs is 3. The minimum Gasteiger partial charge on any atom is -0.361 e. The van der Waals surface area contributed by atoms with E-state index in [4.69, 9.17) is 0 Å². The summed E-state index contributed by atoms with van der Waals surface area (Å²) in [5, 5.41) is 7.84. The topological polar surface area (TPSA) is 29.9 Å². The maximum Gasteiger partial charge on any atom is 0.126 e. The molecule has 0 fully saturated rings. The molecule has 1 N–H and O–H groups in total. The summed E-state index contributed by atoms with van der Waals surface area (Å²) in [5.74, 6) is 0. The smallest absolute Gasteiger partial charge is 0.126 e. The molecule has 76 valence electrons. The second-order valence-corrected chi connectivity index (χ2v) is 4.36. The largest absolute Gasteiger partial charge is 0.361 e. The Kier molecular flexibility index (Phi) is 1.49. The third-order valence-corrected chi connectivity index (χ3v) is 2.82. The molecule has 0 atom stereocenters. The van der Waals surface area contributed by atoms with Gasteiger partial charge < -0.3 is 5.32 Å². The molecule has 2 heterocycles. The summed E-state index contributed by atoms with van der Waals surface area (Å²) >= 11 is 0. The van der Waals surface area contributed by atoms with Crippen molar-refractivity contribution < 1.29 is 0 Å². The fraction of sp³-hybridized carbons (Fsp3) is 0.250. The molecule has 0 amide bonds. The van der Waals surface area contributed by atoms with Crippen LogP contribution < -0.4 is 5.32 Å². The Balaban J connectivity index is 2.32. The highest BCUT2D eigenvalue weighted by atomic mass is 15.4. The van der Waals surface area contributed by atoms with Gasteiger partial charge in [0.25, 0.3) is 0 Å². The zero-order valence-corrected chi connectivity index (χ0v) is 8.86. The average Bonchev–Trinajstić information content (AvgIpc) is 2.66. The fourth-order valence-electron chi connectivity index (χ4n) is 2.15. The molecule has 3 heteroatoms. The van der Waals surface area contributed by atoms with Crippen LogP contribution in [0.1, 0.15) is 13.8 Å². The molecule has 1 aromatic carbocycles. The maximum atomic E-state index is 4.36. The van der Waals surface area contributed by atoms with E-state index in [2.05, 4.69) is 48.5 Å². The summed E-state index contributed by atoms with van der Waals surface area (Å²) in [7, 11) is 0. The Hall–Kier alpha value is -1.77. The summed E-state index contributed by atoms with van der Waals surface area (Å²) in [6.07, 6.45) is 1.85. The number of rotatable bonds is 0. The summed E-state index contributed by atoms with van der Waals surface area (Å²) in [6, 6.07) is 10.4.